The number of rotatable bonds is 51. The van der Waals surface area contributed by atoms with Gasteiger partial charge in [-0.05, 0) is 183 Å². The summed E-state index contributed by atoms with van der Waals surface area (Å²) < 4.78 is 0. The highest BCUT2D eigenvalue weighted by Crippen LogP contribution is 2.17. The predicted octanol–water partition coefficient (Wildman–Crippen LogP) is 1.49. The molecule has 0 radical (unpaired) electrons. The first-order valence-electron chi connectivity index (χ1n) is 34.5. The molecule has 0 aliphatic rings. The molecule has 0 aliphatic heterocycles. The number of carbonyl (C=O) groups excluding carboxylic acids is 11. The quantitative estimate of drug-likeness (QED) is 0.0384. The highest BCUT2D eigenvalue weighted by atomic mass is 16.2. The van der Waals surface area contributed by atoms with Gasteiger partial charge in [0.25, 0.3) is 0 Å². The number of carbonyl (C=O) groups is 11. The third-order valence-electron chi connectivity index (χ3n) is 15.5. The molecule has 0 unspecified atom stereocenters. The van der Waals surface area contributed by atoms with Gasteiger partial charge in [0.05, 0.1) is 6.04 Å². The molecule has 538 valence electrons. The van der Waals surface area contributed by atoms with Gasteiger partial charge in [-0.3, -0.25) is 52.7 Å². The van der Waals surface area contributed by atoms with Crippen LogP contribution < -0.4 is 87.6 Å². The Kier molecular flexibility index (Phi) is 44.7. The van der Waals surface area contributed by atoms with Gasteiger partial charge in [-0.25, -0.2) is 0 Å². The van der Waals surface area contributed by atoms with E-state index in [0.29, 0.717) is 77.4 Å². The smallest absolute Gasteiger partial charge is 0.243 e. The lowest BCUT2D eigenvalue weighted by molar-refractivity contribution is -0.136. The minimum atomic E-state index is -1.23. The summed E-state index contributed by atoms with van der Waals surface area (Å²) in [5.74, 6) is -7.99. The molecule has 0 spiro atoms. The van der Waals surface area contributed by atoms with Crippen LogP contribution in [0.2, 0.25) is 0 Å². The summed E-state index contributed by atoms with van der Waals surface area (Å²) in [5.41, 5.74) is 34.9. The molecule has 0 fully saturated rings. The molecule has 0 aromatic heterocycles. The van der Waals surface area contributed by atoms with E-state index in [2.05, 4.69) is 53.2 Å². The van der Waals surface area contributed by atoms with E-state index in [9.17, 15) is 52.7 Å². The minimum absolute atomic E-state index is 0.0280. The second-order valence-corrected chi connectivity index (χ2v) is 28.2. The molecule has 27 nitrogen and oxygen atoms in total. The first kappa shape index (κ1) is 87.0. The van der Waals surface area contributed by atoms with E-state index >= 15 is 0 Å². The van der Waals surface area contributed by atoms with E-state index in [0.717, 1.165) is 0 Å². The highest BCUT2D eigenvalue weighted by molar-refractivity contribution is 5.99. The molecule has 27 heteroatoms. The molecule has 11 atom stereocenters. The third kappa shape index (κ3) is 38.2. The number of hydrogen-bond donors (Lipinski definition) is 16. The zero-order valence-electron chi connectivity index (χ0n) is 59.1. The lowest BCUT2D eigenvalue weighted by Crippen LogP contribution is -2.61. The molecule has 0 saturated heterocycles. The molecule has 22 N–H and O–H groups in total. The highest BCUT2D eigenvalue weighted by Gasteiger charge is 2.37. The van der Waals surface area contributed by atoms with Gasteiger partial charge in [-0.1, -0.05) is 103 Å². The zero-order chi connectivity index (χ0) is 71.1. The Morgan fingerprint density at radius 1 is 0.237 bits per heavy atom. The molecule has 11 amide bonds. The lowest BCUT2D eigenvalue weighted by Gasteiger charge is -2.30. The van der Waals surface area contributed by atoms with Gasteiger partial charge in [-0.15, -0.1) is 0 Å². The van der Waals surface area contributed by atoms with E-state index in [4.69, 9.17) is 34.4 Å². The summed E-state index contributed by atoms with van der Waals surface area (Å²) in [6, 6.07) is -12.3. The van der Waals surface area contributed by atoms with Crippen molar-refractivity contribution < 1.29 is 52.7 Å². The van der Waals surface area contributed by atoms with E-state index in [1.165, 1.54) is 0 Å². The Bertz CT molecular complexity index is 2270. The average Bonchev–Trinajstić information content (AvgIpc) is 1.000. The second kappa shape index (κ2) is 47.8. The summed E-state index contributed by atoms with van der Waals surface area (Å²) in [4.78, 5) is 154. The first-order chi connectivity index (χ1) is 43.6. The third-order valence-corrected chi connectivity index (χ3v) is 15.5. The maximum absolute atomic E-state index is 14.6. The SMILES string of the molecule is CC(C)C[C@H](NC(=O)[C@H](CC(C)C)NC(=O)[C@H](CCCCN)NC(=O)[C@H](CC(C)C)NC(=O)[C@H](CC(C)C)NC(=O)[C@@H](CCCCN)NC(=O)[C@H](N)CCCCN)C(=O)N[C@@H](CCCCN)C(=O)N[C@@H](CC(C)C)C(=O)N[C@@H](CC(C)C)C(=O)N[C@H](CC(C)C)C(N)=O. The number of primary amides is 1. The Balaban J connectivity index is 7.03. The van der Waals surface area contributed by atoms with Crippen molar-refractivity contribution in [1.82, 2.24) is 53.2 Å². The van der Waals surface area contributed by atoms with Crippen LogP contribution in [0.3, 0.4) is 0 Å². The van der Waals surface area contributed by atoms with E-state index in [1.54, 1.807) is 0 Å². The van der Waals surface area contributed by atoms with Gasteiger partial charge in [0.1, 0.15) is 60.4 Å². The van der Waals surface area contributed by atoms with Crippen molar-refractivity contribution in [1.29, 1.82) is 0 Å². The number of amides is 11. The Labute approximate surface area is 556 Å². The van der Waals surface area contributed by atoms with Gasteiger partial charge in [0, 0.05) is 0 Å². The second-order valence-electron chi connectivity index (χ2n) is 28.2. The van der Waals surface area contributed by atoms with Crippen molar-refractivity contribution >= 4 is 65.0 Å². The first-order valence-corrected chi connectivity index (χ1v) is 34.5. The van der Waals surface area contributed by atoms with Crippen LogP contribution in [-0.2, 0) is 52.7 Å². The van der Waals surface area contributed by atoms with Crippen LogP contribution in [0.15, 0.2) is 0 Å². The molecule has 93 heavy (non-hydrogen) atoms. The maximum atomic E-state index is 14.6. The molecule has 0 aromatic carbocycles. The molecule has 0 saturated carbocycles. The number of unbranched alkanes of at least 4 members (excludes halogenated alkanes) is 4. The van der Waals surface area contributed by atoms with Crippen molar-refractivity contribution in [3.05, 3.63) is 0 Å². The van der Waals surface area contributed by atoms with Gasteiger partial charge in [0.2, 0.25) is 65.0 Å². The summed E-state index contributed by atoms with van der Waals surface area (Å²) in [7, 11) is 0. The van der Waals surface area contributed by atoms with Crippen LogP contribution in [-0.4, -0.2) is 158 Å². The van der Waals surface area contributed by atoms with Crippen molar-refractivity contribution in [3.63, 3.8) is 0 Å². The number of nitrogens with one attached hydrogen (secondary N) is 10. The Morgan fingerprint density at radius 3 is 0.591 bits per heavy atom. The van der Waals surface area contributed by atoms with Crippen molar-refractivity contribution in [2.75, 3.05) is 26.2 Å². The van der Waals surface area contributed by atoms with Crippen LogP contribution in [0.25, 0.3) is 0 Å². The van der Waals surface area contributed by atoms with Crippen LogP contribution in [0.4, 0.5) is 0 Å². The van der Waals surface area contributed by atoms with Gasteiger partial charge in [-0.2, -0.15) is 0 Å². The standard InChI is InChI=1S/C66H128N16O11/c1-38(2)31-49(56(72)83)76-63(90)52(34-41(7)8)82-66(93)55(37-44(13)14)79-60(87)48(26-18-22-30-70)75-62(89)51(33-40(5)6)81-65(92)54(36-43(11)12)78-59(86)47(25-17-21-29-69)74-61(88)50(32-39(3)4)80-64(91)53(35-42(9)10)77-58(85)46(24-16-20-28-68)73-57(84)45(71)23-15-19-27-67/h38-55H,15-37,67-71H2,1-14H3,(H2,72,83)(H,73,84)(H,74,88)(H,75,89)(H,76,90)(H,77,85)(H,78,86)(H,79,87)(H,80,91)(H,81,92)(H,82,93)/t45-,46-,47+,48+,49-,50+,51+,52+,53+,54+,55+/m1/s1. The van der Waals surface area contributed by atoms with Crippen LogP contribution in [0.5, 0.6) is 0 Å². The minimum Gasteiger partial charge on any atom is -0.368 e. The normalized spacial score (nSPS) is 15.2. The van der Waals surface area contributed by atoms with Crippen LogP contribution >= 0.6 is 0 Å². The number of nitrogens with two attached hydrogens (primary N) is 6. The molecule has 0 bridgehead atoms. The van der Waals surface area contributed by atoms with Crippen LogP contribution in [0.1, 0.15) is 219 Å². The summed E-state index contributed by atoms with van der Waals surface area (Å²) in [6.07, 6.45) is 6.18. The average molecular weight is 1320 g/mol. The predicted molar refractivity (Wildman–Crippen MR) is 364 cm³/mol. The summed E-state index contributed by atoms with van der Waals surface area (Å²) in [6.45, 7) is 27.5. The molecular formula is C66H128N16O11. The van der Waals surface area contributed by atoms with E-state index in [-0.39, 0.29) is 112 Å². The molecule has 0 heterocycles. The Hall–Kier alpha value is -6.03. The lowest BCUT2D eigenvalue weighted by atomic mass is 9.98. The molecule has 0 aliphatic carbocycles. The molecular weight excluding hydrogens is 1190 g/mol. The van der Waals surface area contributed by atoms with Gasteiger partial charge < -0.3 is 87.6 Å². The zero-order valence-corrected chi connectivity index (χ0v) is 59.1. The Morgan fingerprint density at radius 2 is 0.398 bits per heavy atom. The van der Waals surface area contributed by atoms with Gasteiger partial charge >= 0.3 is 0 Å². The van der Waals surface area contributed by atoms with Crippen molar-refractivity contribution in [3.8, 4) is 0 Å². The number of hydrogen-bond acceptors (Lipinski definition) is 16. The van der Waals surface area contributed by atoms with E-state index < -0.39 is 131 Å². The fourth-order valence-electron chi connectivity index (χ4n) is 10.6. The van der Waals surface area contributed by atoms with E-state index in [1.807, 2.05) is 96.9 Å². The van der Waals surface area contributed by atoms with Gasteiger partial charge in [0.15, 0.2) is 0 Å². The monoisotopic (exact) mass is 1320 g/mol. The van der Waals surface area contributed by atoms with Crippen LogP contribution in [0, 0.1) is 41.4 Å². The molecule has 0 rings (SSSR count). The van der Waals surface area contributed by atoms with Crippen molar-refractivity contribution in [2.45, 2.75) is 285 Å². The van der Waals surface area contributed by atoms with Crippen molar-refractivity contribution in [2.24, 2.45) is 75.8 Å². The summed E-state index contributed by atoms with van der Waals surface area (Å²) in [5, 5.41) is 28.1. The fourth-order valence-corrected chi connectivity index (χ4v) is 10.6. The largest absolute Gasteiger partial charge is 0.368 e. The summed E-state index contributed by atoms with van der Waals surface area (Å²) >= 11 is 0. The molecule has 0 aromatic rings. The maximum Gasteiger partial charge on any atom is 0.243 e. The topological polar surface area (TPSA) is 464 Å². The fraction of sp³-hybridized carbons (Fsp3) is 0.833.